The second-order valence-corrected chi connectivity index (χ2v) is 3.63. The van der Waals surface area contributed by atoms with Crippen LogP contribution in [0.1, 0.15) is 0 Å². The molecular formula is C11H8N4O3. The number of carbonyl (C=O) groups is 1. The van der Waals surface area contributed by atoms with Crippen LogP contribution in [0.2, 0.25) is 0 Å². The van der Waals surface area contributed by atoms with Crippen LogP contribution in [0.4, 0.5) is 10.6 Å². The number of hydrogen-bond donors (Lipinski definition) is 2. The quantitative estimate of drug-likeness (QED) is 0.719. The highest BCUT2D eigenvalue weighted by Gasteiger charge is 2.07. The maximum atomic E-state index is 10.5. The van der Waals surface area contributed by atoms with E-state index in [9.17, 15) is 4.79 Å². The van der Waals surface area contributed by atoms with Crippen molar-refractivity contribution in [3.05, 3.63) is 37.2 Å². The van der Waals surface area contributed by atoms with Crippen molar-refractivity contribution >= 4 is 17.4 Å². The number of rotatable bonds is 2. The number of oxazole rings is 1. The summed E-state index contributed by atoms with van der Waals surface area (Å²) < 4.78 is 6.96. The van der Waals surface area contributed by atoms with Crippen LogP contribution >= 0.6 is 0 Å². The molecule has 18 heavy (non-hydrogen) atoms. The van der Waals surface area contributed by atoms with E-state index in [4.69, 9.17) is 9.52 Å². The van der Waals surface area contributed by atoms with Gasteiger partial charge < -0.3 is 13.9 Å². The average Bonchev–Trinajstić information content (AvgIpc) is 2.95. The molecule has 0 aliphatic heterocycles. The molecule has 3 aromatic rings. The summed E-state index contributed by atoms with van der Waals surface area (Å²) in [6.45, 7) is 0. The summed E-state index contributed by atoms with van der Waals surface area (Å²) in [5, 5.41) is 10.8. The van der Waals surface area contributed by atoms with Crippen LogP contribution in [0.25, 0.3) is 16.8 Å². The zero-order chi connectivity index (χ0) is 12.5. The van der Waals surface area contributed by atoms with Crippen LogP contribution in [-0.2, 0) is 0 Å². The van der Waals surface area contributed by atoms with E-state index in [1.807, 2.05) is 12.3 Å². The molecule has 1 amide bonds. The molecule has 0 aliphatic carbocycles. The zero-order valence-corrected chi connectivity index (χ0v) is 9.07. The third-order valence-corrected chi connectivity index (χ3v) is 2.44. The van der Waals surface area contributed by atoms with Crippen LogP contribution < -0.4 is 5.32 Å². The van der Waals surface area contributed by atoms with Gasteiger partial charge in [-0.2, -0.15) is 0 Å². The lowest BCUT2D eigenvalue weighted by atomic mass is 10.3. The third kappa shape index (κ3) is 1.77. The van der Waals surface area contributed by atoms with Gasteiger partial charge in [0.2, 0.25) is 0 Å². The Balaban J connectivity index is 2.04. The summed E-state index contributed by atoms with van der Waals surface area (Å²) in [6.07, 6.45) is 5.17. The van der Waals surface area contributed by atoms with E-state index in [1.54, 1.807) is 16.7 Å². The Hall–Kier alpha value is -2.83. The summed E-state index contributed by atoms with van der Waals surface area (Å²) in [4.78, 5) is 18.3. The van der Waals surface area contributed by atoms with Crippen molar-refractivity contribution < 1.29 is 14.3 Å². The Kier molecular flexibility index (Phi) is 2.23. The van der Waals surface area contributed by atoms with Gasteiger partial charge in [-0.05, 0) is 6.07 Å². The van der Waals surface area contributed by atoms with E-state index in [1.165, 1.54) is 12.7 Å². The highest BCUT2D eigenvalue weighted by atomic mass is 16.4. The van der Waals surface area contributed by atoms with Gasteiger partial charge in [-0.15, -0.1) is 0 Å². The highest BCUT2D eigenvalue weighted by Crippen LogP contribution is 2.22. The fourth-order valence-electron chi connectivity index (χ4n) is 1.68. The van der Waals surface area contributed by atoms with Crippen LogP contribution in [0.5, 0.6) is 0 Å². The molecule has 0 aliphatic rings. The van der Waals surface area contributed by atoms with E-state index in [0.717, 1.165) is 11.1 Å². The summed E-state index contributed by atoms with van der Waals surface area (Å²) in [5.74, 6) is 0.920. The third-order valence-electron chi connectivity index (χ3n) is 2.44. The van der Waals surface area contributed by atoms with Crippen molar-refractivity contribution in [2.45, 2.75) is 0 Å². The number of hydrogen-bond acceptors (Lipinski definition) is 4. The number of aromatic nitrogens is 3. The lowest BCUT2D eigenvalue weighted by Gasteiger charge is -1.99. The molecule has 0 saturated carbocycles. The molecular weight excluding hydrogens is 236 g/mol. The topological polar surface area (TPSA) is 92.7 Å². The Morgan fingerprint density at radius 3 is 3.06 bits per heavy atom. The Labute approximate surface area is 101 Å². The highest BCUT2D eigenvalue weighted by molar-refractivity contribution is 5.82. The first-order chi connectivity index (χ1) is 8.72. The van der Waals surface area contributed by atoms with E-state index >= 15 is 0 Å². The maximum Gasteiger partial charge on any atom is 0.410 e. The van der Waals surface area contributed by atoms with Gasteiger partial charge in [0.05, 0.1) is 11.7 Å². The van der Waals surface area contributed by atoms with Gasteiger partial charge in [-0.3, -0.25) is 5.32 Å². The van der Waals surface area contributed by atoms with Gasteiger partial charge in [-0.1, -0.05) is 0 Å². The minimum atomic E-state index is -1.14. The van der Waals surface area contributed by atoms with Gasteiger partial charge >= 0.3 is 6.09 Å². The summed E-state index contributed by atoms with van der Waals surface area (Å²) in [6, 6.07) is 3.49. The van der Waals surface area contributed by atoms with Crippen LogP contribution in [0, 0.1) is 0 Å². The van der Waals surface area contributed by atoms with E-state index < -0.39 is 6.09 Å². The molecule has 90 valence electrons. The standard InChI is InChI=1S/C11H8N4O3/c16-11(17)14-10-2-8-1-7(4-15(8)5-13-10)9-3-12-6-18-9/h1-6,14H,(H,16,17). The molecule has 0 atom stereocenters. The zero-order valence-electron chi connectivity index (χ0n) is 9.07. The first-order valence-corrected chi connectivity index (χ1v) is 5.09. The molecule has 7 heteroatoms. The number of carboxylic acid groups (broad SMARTS) is 1. The van der Waals surface area contributed by atoms with Crippen molar-refractivity contribution in [2.75, 3.05) is 5.32 Å². The molecule has 0 radical (unpaired) electrons. The van der Waals surface area contributed by atoms with Crippen molar-refractivity contribution in [3.63, 3.8) is 0 Å². The van der Waals surface area contributed by atoms with Crippen molar-refractivity contribution in [1.29, 1.82) is 0 Å². The first-order valence-electron chi connectivity index (χ1n) is 5.09. The molecule has 2 N–H and O–H groups in total. The predicted molar refractivity (Wildman–Crippen MR) is 62.3 cm³/mol. The molecule has 0 aromatic carbocycles. The monoisotopic (exact) mass is 244 g/mol. The van der Waals surface area contributed by atoms with Gasteiger partial charge in [0.1, 0.15) is 12.1 Å². The van der Waals surface area contributed by atoms with Crippen LogP contribution in [0.3, 0.4) is 0 Å². The van der Waals surface area contributed by atoms with Gasteiger partial charge in [0, 0.05) is 17.8 Å². The average molecular weight is 244 g/mol. The minimum absolute atomic E-state index is 0.275. The smallest absolute Gasteiger partial charge is 0.410 e. The first kappa shape index (κ1) is 10.3. The second-order valence-electron chi connectivity index (χ2n) is 3.63. The SMILES string of the molecule is O=C(O)Nc1cc2cc(-c3cnco3)cn2cn1. The van der Waals surface area contributed by atoms with E-state index in [0.29, 0.717) is 5.76 Å². The van der Waals surface area contributed by atoms with Crippen molar-refractivity contribution in [2.24, 2.45) is 0 Å². The number of nitrogens with one attached hydrogen (secondary N) is 1. The summed E-state index contributed by atoms with van der Waals surface area (Å²) in [7, 11) is 0. The Morgan fingerprint density at radius 1 is 1.44 bits per heavy atom. The van der Waals surface area contributed by atoms with E-state index in [-0.39, 0.29) is 5.82 Å². The van der Waals surface area contributed by atoms with Gasteiger partial charge in [0.25, 0.3) is 0 Å². The molecule has 7 nitrogen and oxygen atoms in total. The minimum Gasteiger partial charge on any atom is -0.465 e. The molecule has 0 bridgehead atoms. The molecule has 3 rings (SSSR count). The lowest BCUT2D eigenvalue weighted by molar-refractivity contribution is 0.209. The van der Waals surface area contributed by atoms with Crippen molar-refractivity contribution in [1.82, 2.24) is 14.4 Å². The summed E-state index contributed by atoms with van der Waals surface area (Å²) >= 11 is 0. The number of anilines is 1. The van der Waals surface area contributed by atoms with Crippen LogP contribution in [0.15, 0.2) is 41.7 Å². The lowest BCUT2D eigenvalue weighted by Crippen LogP contribution is -2.08. The van der Waals surface area contributed by atoms with Crippen molar-refractivity contribution in [3.8, 4) is 11.3 Å². The predicted octanol–water partition coefficient (Wildman–Crippen LogP) is 2.08. The molecule has 0 unspecified atom stereocenters. The molecule has 3 heterocycles. The molecule has 0 saturated heterocycles. The maximum absolute atomic E-state index is 10.5. The second kappa shape index (κ2) is 3.88. The normalized spacial score (nSPS) is 10.7. The number of fused-ring (bicyclic) bond motifs is 1. The molecule has 3 aromatic heterocycles. The largest absolute Gasteiger partial charge is 0.465 e. The fourth-order valence-corrected chi connectivity index (χ4v) is 1.68. The Bertz CT molecular complexity index is 702. The molecule has 0 spiro atoms. The van der Waals surface area contributed by atoms with Crippen LogP contribution in [-0.4, -0.2) is 25.6 Å². The van der Waals surface area contributed by atoms with E-state index in [2.05, 4.69) is 15.3 Å². The number of nitrogens with zero attached hydrogens (tertiary/aromatic N) is 3. The fraction of sp³-hybridized carbons (Fsp3) is 0. The Morgan fingerprint density at radius 2 is 2.33 bits per heavy atom. The van der Waals surface area contributed by atoms with Gasteiger partial charge in [0.15, 0.2) is 12.2 Å². The number of amides is 1. The summed E-state index contributed by atoms with van der Waals surface area (Å²) in [5.41, 5.74) is 1.65. The molecule has 0 fully saturated rings. The van der Waals surface area contributed by atoms with Gasteiger partial charge in [-0.25, -0.2) is 14.8 Å².